The molecule has 0 radical (unpaired) electrons. The number of alkyl halides is 1. The number of halogens is 1. The summed E-state index contributed by atoms with van der Waals surface area (Å²) in [6.07, 6.45) is 6.66. The topological polar surface area (TPSA) is 16.1 Å². The number of hydrogen-bond donors (Lipinski definition) is 0. The van der Waals surface area contributed by atoms with Crippen molar-refractivity contribution in [2.24, 2.45) is 5.92 Å². The molecule has 0 N–H and O–H groups in total. The van der Waals surface area contributed by atoms with Gasteiger partial charge in [-0.3, -0.25) is 0 Å². The van der Waals surface area contributed by atoms with Crippen molar-refractivity contribution >= 4 is 17.4 Å². The lowest BCUT2D eigenvalue weighted by atomic mass is 9.96. The van der Waals surface area contributed by atoms with Crippen molar-refractivity contribution in [3.8, 4) is 0 Å². The van der Waals surface area contributed by atoms with E-state index in [0.717, 1.165) is 30.5 Å². The van der Waals surface area contributed by atoms with Gasteiger partial charge in [0.1, 0.15) is 5.82 Å². The predicted octanol–water partition coefficient (Wildman–Crippen LogP) is 4.23. The maximum absolute atomic E-state index is 5.85. The first-order valence-corrected chi connectivity index (χ1v) is 7.63. The predicted molar refractivity (Wildman–Crippen MR) is 78.3 cm³/mol. The highest BCUT2D eigenvalue weighted by molar-refractivity contribution is 6.16. The average molecular weight is 267 g/mol. The van der Waals surface area contributed by atoms with Gasteiger partial charge in [-0.2, -0.15) is 0 Å². The molecule has 3 heteroatoms. The lowest BCUT2D eigenvalue weighted by molar-refractivity contribution is 0.435. The van der Waals surface area contributed by atoms with Gasteiger partial charge in [0.25, 0.3) is 0 Å². The van der Waals surface area contributed by atoms with E-state index in [-0.39, 0.29) is 0 Å². The molecule has 0 saturated carbocycles. The smallest absolute Gasteiger partial charge is 0.128 e. The van der Waals surface area contributed by atoms with Gasteiger partial charge in [-0.1, -0.05) is 25.8 Å². The highest BCUT2D eigenvalue weighted by Gasteiger charge is 2.17. The van der Waals surface area contributed by atoms with Crippen LogP contribution in [0.25, 0.3) is 0 Å². The van der Waals surface area contributed by atoms with Gasteiger partial charge in [-0.15, -0.1) is 11.6 Å². The number of hydrogen-bond acceptors (Lipinski definition) is 2. The Morgan fingerprint density at radius 3 is 3.00 bits per heavy atom. The molecule has 18 heavy (non-hydrogen) atoms. The molecule has 2 rings (SSSR count). The fraction of sp³-hybridized carbons (Fsp3) is 0.667. The molecule has 1 saturated heterocycles. The number of rotatable bonds is 4. The van der Waals surface area contributed by atoms with Crippen molar-refractivity contribution in [2.75, 3.05) is 18.0 Å². The van der Waals surface area contributed by atoms with Gasteiger partial charge in [0, 0.05) is 13.1 Å². The molecule has 1 unspecified atom stereocenters. The Bertz CT molecular complexity index is 367. The number of pyridine rings is 1. The minimum atomic E-state index is 0.500. The van der Waals surface area contributed by atoms with Crippen LogP contribution >= 0.6 is 11.6 Å². The Morgan fingerprint density at radius 2 is 2.22 bits per heavy atom. The summed E-state index contributed by atoms with van der Waals surface area (Å²) in [5.41, 5.74) is 0.975. The molecule has 1 aliphatic heterocycles. The van der Waals surface area contributed by atoms with Crippen LogP contribution in [0.2, 0.25) is 0 Å². The molecule has 0 bridgehead atoms. The van der Waals surface area contributed by atoms with Gasteiger partial charge in [-0.25, -0.2) is 4.98 Å². The minimum Gasteiger partial charge on any atom is -0.357 e. The quantitative estimate of drug-likeness (QED) is 0.759. The molecule has 0 aliphatic carbocycles. The van der Waals surface area contributed by atoms with E-state index in [0.29, 0.717) is 5.88 Å². The van der Waals surface area contributed by atoms with E-state index in [1.807, 2.05) is 6.07 Å². The average Bonchev–Trinajstić information content (AvgIpc) is 2.65. The molecule has 1 aromatic heterocycles. The Kier molecular flexibility index (Phi) is 5.30. The lowest BCUT2D eigenvalue weighted by Gasteiger charge is -2.22. The fourth-order valence-electron chi connectivity index (χ4n) is 2.81. The third-order valence-corrected chi connectivity index (χ3v) is 4.07. The molecule has 1 aromatic rings. The Balaban J connectivity index is 2.00. The molecule has 2 heterocycles. The summed E-state index contributed by atoms with van der Waals surface area (Å²) in [4.78, 5) is 7.04. The van der Waals surface area contributed by atoms with Crippen LogP contribution in [0.3, 0.4) is 0 Å². The first kappa shape index (κ1) is 13.7. The third-order valence-electron chi connectivity index (χ3n) is 3.80. The second-order valence-corrected chi connectivity index (χ2v) is 5.46. The summed E-state index contributed by atoms with van der Waals surface area (Å²) in [6, 6.07) is 6.17. The number of nitrogens with zero attached hydrogens (tertiary/aromatic N) is 2. The Hall–Kier alpha value is -0.760. The van der Waals surface area contributed by atoms with E-state index < -0.39 is 0 Å². The highest BCUT2D eigenvalue weighted by atomic mass is 35.5. The van der Waals surface area contributed by atoms with Crippen molar-refractivity contribution < 1.29 is 0 Å². The van der Waals surface area contributed by atoms with Crippen LogP contribution in [0.4, 0.5) is 5.82 Å². The second-order valence-electron chi connectivity index (χ2n) is 5.19. The van der Waals surface area contributed by atoms with Crippen molar-refractivity contribution in [1.82, 2.24) is 4.98 Å². The van der Waals surface area contributed by atoms with Gasteiger partial charge in [0.05, 0.1) is 11.6 Å². The SMILES string of the molecule is CCCC1CCCN(c2cccc(CCl)n2)CC1. The van der Waals surface area contributed by atoms with E-state index in [4.69, 9.17) is 11.6 Å². The Labute approximate surface area is 115 Å². The molecule has 1 aliphatic rings. The van der Waals surface area contributed by atoms with Gasteiger partial charge in [0.2, 0.25) is 0 Å². The fourth-order valence-corrected chi connectivity index (χ4v) is 2.96. The van der Waals surface area contributed by atoms with Crippen LogP contribution in [-0.2, 0) is 5.88 Å². The summed E-state index contributed by atoms with van der Waals surface area (Å²) in [6.45, 7) is 4.57. The zero-order valence-corrected chi connectivity index (χ0v) is 12.0. The van der Waals surface area contributed by atoms with E-state index in [1.54, 1.807) is 0 Å². The molecular weight excluding hydrogens is 244 g/mol. The van der Waals surface area contributed by atoms with Crippen LogP contribution in [0.1, 0.15) is 44.7 Å². The highest BCUT2D eigenvalue weighted by Crippen LogP contribution is 2.24. The van der Waals surface area contributed by atoms with Gasteiger partial charge < -0.3 is 4.90 Å². The van der Waals surface area contributed by atoms with E-state index >= 15 is 0 Å². The van der Waals surface area contributed by atoms with Gasteiger partial charge in [-0.05, 0) is 37.3 Å². The van der Waals surface area contributed by atoms with Crippen LogP contribution in [0, 0.1) is 5.92 Å². The zero-order valence-electron chi connectivity index (χ0n) is 11.2. The monoisotopic (exact) mass is 266 g/mol. The van der Waals surface area contributed by atoms with Crippen molar-refractivity contribution in [3.63, 3.8) is 0 Å². The molecule has 1 atom stereocenters. The van der Waals surface area contributed by atoms with Gasteiger partial charge in [0.15, 0.2) is 0 Å². The summed E-state index contributed by atoms with van der Waals surface area (Å²) in [5, 5.41) is 0. The van der Waals surface area contributed by atoms with Crippen molar-refractivity contribution in [3.05, 3.63) is 23.9 Å². The van der Waals surface area contributed by atoms with E-state index in [1.165, 1.54) is 32.1 Å². The van der Waals surface area contributed by atoms with Crippen LogP contribution in [0.15, 0.2) is 18.2 Å². The number of anilines is 1. The number of aromatic nitrogens is 1. The molecule has 0 aromatic carbocycles. The Morgan fingerprint density at radius 1 is 1.33 bits per heavy atom. The summed E-state index contributed by atoms with van der Waals surface area (Å²) >= 11 is 5.85. The first-order valence-electron chi connectivity index (χ1n) is 7.10. The van der Waals surface area contributed by atoms with Crippen molar-refractivity contribution in [1.29, 1.82) is 0 Å². The van der Waals surface area contributed by atoms with Gasteiger partial charge >= 0.3 is 0 Å². The third kappa shape index (κ3) is 3.61. The molecular formula is C15H23ClN2. The summed E-state index contributed by atoms with van der Waals surface area (Å²) < 4.78 is 0. The molecule has 1 fully saturated rings. The maximum Gasteiger partial charge on any atom is 0.128 e. The standard InChI is InChI=1S/C15H23ClN2/c1-2-5-13-6-4-10-18(11-9-13)15-8-3-7-14(12-16)17-15/h3,7-8,13H,2,4-6,9-12H2,1H3. The maximum atomic E-state index is 5.85. The molecule has 0 amide bonds. The van der Waals surface area contributed by atoms with E-state index in [2.05, 4.69) is 28.9 Å². The zero-order chi connectivity index (χ0) is 12.8. The molecule has 2 nitrogen and oxygen atoms in total. The normalized spacial score (nSPS) is 20.8. The summed E-state index contributed by atoms with van der Waals surface area (Å²) in [7, 11) is 0. The molecule has 100 valence electrons. The van der Waals surface area contributed by atoms with Crippen molar-refractivity contribution in [2.45, 2.75) is 44.9 Å². The lowest BCUT2D eigenvalue weighted by Crippen LogP contribution is -2.25. The summed E-state index contributed by atoms with van der Waals surface area (Å²) in [5.74, 6) is 2.52. The van der Waals surface area contributed by atoms with Crippen LogP contribution < -0.4 is 4.90 Å². The van der Waals surface area contributed by atoms with Crippen LogP contribution in [-0.4, -0.2) is 18.1 Å². The largest absolute Gasteiger partial charge is 0.357 e. The molecule has 0 spiro atoms. The second kappa shape index (κ2) is 6.98. The van der Waals surface area contributed by atoms with Crippen LogP contribution in [0.5, 0.6) is 0 Å². The minimum absolute atomic E-state index is 0.500. The first-order chi connectivity index (χ1) is 8.83. The van der Waals surface area contributed by atoms with E-state index in [9.17, 15) is 0 Å².